The first-order valence-electron chi connectivity index (χ1n) is 14.4. The zero-order valence-electron chi connectivity index (χ0n) is 22.5. The number of fused-ring (bicyclic) bond motifs is 4. The van der Waals surface area contributed by atoms with Crippen LogP contribution < -0.4 is 0 Å². The van der Waals surface area contributed by atoms with E-state index < -0.39 is 0 Å². The van der Waals surface area contributed by atoms with Crippen LogP contribution in [0.5, 0.6) is 0 Å². The van der Waals surface area contributed by atoms with Gasteiger partial charge < -0.3 is 0 Å². The lowest BCUT2D eigenvalue weighted by molar-refractivity contribution is 0.794. The van der Waals surface area contributed by atoms with Crippen molar-refractivity contribution in [2.75, 3.05) is 0 Å². The Kier molecular flexibility index (Phi) is 5.52. The molecular formula is C40H30. The first-order chi connectivity index (χ1) is 19.8. The van der Waals surface area contributed by atoms with Crippen molar-refractivity contribution in [2.24, 2.45) is 5.92 Å². The van der Waals surface area contributed by atoms with Gasteiger partial charge in [-0.05, 0) is 97.0 Å². The minimum Gasteiger partial charge on any atom is -0.0767 e. The molecule has 0 N–H and O–H groups in total. The lowest BCUT2D eigenvalue weighted by atomic mass is 9.77. The van der Waals surface area contributed by atoms with Crippen LogP contribution in [0.15, 0.2) is 139 Å². The van der Waals surface area contributed by atoms with E-state index in [2.05, 4.69) is 140 Å². The molecule has 0 bridgehead atoms. The predicted molar refractivity (Wildman–Crippen MR) is 172 cm³/mol. The van der Waals surface area contributed by atoms with E-state index in [1.54, 1.807) is 0 Å². The van der Waals surface area contributed by atoms with Crippen molar-refractivity contribution in [3.05, 3.63) is 161 Å². The van der Waals surface area contributed by atoms with Crippen LogP contribution in [0.4, 0.5) is 0 Å². The highest BCUT2D eigenvalue weighted by Crippen LogP contribution is 2.46. The van der Waals surface area contributed by atoms with Crippen molar-refractivity contribution >= 4 is 38.8 Å². The molecule has 0 fully saturated rings. The third kappa shape index (κ3) is 3.83. The van der Waals surface area contributed by atoms with Gasteiger partial charge in [0.1, 0.15) is 0 Å². The summed E-state index contributed by atoms with van der Waals surface area (Å²) in [5, 5.41) is 5.42. The molecule has 0 nitrogen and oxygen atoms in total. The van der Waals surface area contributed by atoms with Gasteiger partial charge in [-0.1, -0.05) is 134 Å². The Labute approximate surface area is 236 Å². The third-order valence-corrected chi connectivity index (χ3v) is 8.91. The molecule has 3 aliphatic rings. The lowest BCUT2D eigenvalue weighted by Gasteiger charge is -2.26. The average molecular weight is 511 g/mol. The van der Waals surface area contributed by atoms with Crippen molar-refractivity contribution in [3.63, 3.8) is 0 Å². The highest BCUT2D eigenvalue weighted by Gasteiger charge is 2.24. The average Bonchev–Trinajstić information content (AvgIpc) is 3.03. The Bertz CT molecular complexity index is 1960. The number of hydrogen-bond donors (Lipinski definition) is 0. The Morgan fingerprint density at radius 1 is 0.550 bits per heavy atom. The lowest BCUT2D eigenvalue weighted by Crippen LogP contribution is -2.08. The summed E-state index contributed by atoms with van der Waals surface area (Å²) in [4.78, 5) is 0. The highest BCUT2D eigenvalue weighted by molar-refractivity contribution is 6.18. The van der Waals surface area contributed by atoms with Crippen molar-refractivity contribution in [1.82, 2.24) is 0 Å². The van der Waals surface area contributed by atoms with Crippen LogP contribution in [0.1, 0.15) is 35.1 Å². The summed E-state index contributed by atoms with van der Waals surface area (Å²) in [6.45, 7) is 0. The standard InChI is InChI=1S/C40H30/c1-2-10-27(11-3-1)32-22-23-37-38(26-32)40(34-21-19-29-13-5-7-15-31(29)25-34)36-17-9-8-16-35(36)39(37)33-20-18-28-12-4-6-14-30(28)24-33/h1-17,19,21-24,26,31H,18,20,25H2. The SMILES string of the molecule is C1=CC2=CC=C(c3c4ccccc4c(C4=Cc5ccccc5CC4)c4ccc(-c5ccccc5)cc34)CC2C=C1. The molecule has 5 aromatic carbocycles. The van der Waals surface area contributed by atoms with Crippen molar-refractivity contribution < 1.29 is 0 Å². The van der Waals surface area contributed by atoms with E-state index in [9.17, 15) is 0 Å². The summed E-state index contributed by atoms with van der Waals surface area (Å²) in [7, 11) is 0. The second-order valence-corrected chi connectivity index (χ2v) is 11.2. The number of rotatable bonds is 3. The first kappa shape index (κ1) is 23.2. The first-order valence-corrected chi connectivity index (χ1v) is 14.4. The van der Waals surface area contributed by atoms with Gasteiger partial charge in [-0.25, -0.2) is 0 Å². The molecule has 0 saturated carbocycles. The molecule has 5 aromatic rings. The fraction of sp³-hybridized carbons (Fsp3) is 0.100. The van der Waals surface area contributed by atoms with Crippen molar-refractivity contribution in [2.45, 2.75) is 19.3 Å². The van der Waals surface area contributed by atoms with Crippen LogP contribution >= 0.6 is 0 Å². The molecule has 1 atom stereocenters. The van der Waals surface area contributed by atoms with Gasteiger partial charge in [0.15, 0.2) is 0 Å². The fourth-order valence-electron chi connectivity index (χ4n) is 6.96. The summed E-state index contributed by atoms with van der Waals surface area (Å²) in [6, 6.07) is 35.9. The quantitative estimate of drug-likeness (QED) is 0.212. The van der Waals surface area contributed by atoms with Gasteiger partial charge in [0, 0.05) is 5.92 Å². The number of hydrogen-bond acceptors (Lipinski definition) is 0. The van der Waals surface area contributed by atoms with Gasteiger partial charge in [0.05, 0.1) is 0 Å². The second kappa shape index (κ2) is 9.50. The third-order valence-electron chi connectivity index (χ3n) is 8.91. The van der Waals surface area contributed by atoms with Crippen LogP contribution in [0.3, 0.4) is 0 Å². The van der Waals surface area contributed by atoms with E-state index in [1.165, 1.54) is 71.6 Å². The summed E-state index contributed by atoms with van der Waals surface area (Å²) < 4.78 is 0. The van der Waals surface area contributed by atoms with E-state index in [4.69, 9.17) is 0 Å². The van der Waals surface area contributed by atoms with Gasteiger partial charge >= 0.3 is 0 Å². The molecule has 0 heterocycles. The molecule has 3 aliphatic carbocycles. The van der Waals surface area contributed by atoms with Crippen LogP contribution in [0, 0.1) is 5.92 Å². The zero-order valence-corrected chi connectivity index (χ0v) is 22.5. The molecule has 0 amide bonds. The molecular weight excluding hydrogens is 480 g/mol. The van der Waals surface area contributed by atoms with Crippen LogP contribution in [0.2, 0.25) is 0 Å². The number of allylic oxidation sites excluding steroid dienone is 9. The van der Waals surface area contributed by atoms with Crippen molar-refractivity contribution in [1.29, 1.82) is 0 Å². The van der Waals surface area contributed by atoms with Gasteiger partial charge in [-0.2, -0.15) is 0 Å². The van der Waals surface area contributed by atoms with Gasteiger partial charge in [-0.3, -0.25) is 0 Å². The van der Waals surface area contributed by atoms with E-state index in [0.717, 1.165) is 19.3 Å². The fourth-order valence-corrected chi connectivity index (χ4v) is 6.96. The summed E-state index contributed by atoms with van der Waals surface area (Å²) in [5.74, 6) is 0.438. The Hall–Kier alpha value is -4.68. The molecule has 0 aromatic heterocycles. The summed E-state index contributed by atoms with van der Waals surface area (Å²) >= 11 is 0. The molecule has 0 radical (unpaired) electrons. The van der Waals surface area contributed by atoms with Crippen LogP contribution in [0.25, 0.3) is 49.9 Å². The highest BCUT2D eigenvalue weighted by atomic mass is 14.3. The van der Waals surface area contributed by atoms with Gasteiger partial charge in [-0.15, -0.1) is 0 Å². The van der Waals surface area contributed by atoms with Crippen molar-refractivity contribution in [3.8, 4) is 11.1 Å². The maximum absolute atomic E-state index is 2.45. The molecule has 1 unspecified atom stereocenters. The van der Waals surface area contributed by atoms with Gasteiger partial charge in [0.25, 0.3) is 0 Å². The largest absolute Gasteiger partial charge is 0.0767 e. The minimum atomic E-state index is 0.438. The van der Waals surface area contributed by atoms with E-state index in [-0.39, 0.29) is 0 Å². The number of benzene rings is 5. The second-order valence-electron chi connectivity index (χ2n) is 11.2. The monoisotopic (exact) mass is 510 g/mol. The molecule has 190 valence electrons. The zero-order chi connectivity index (χ0) is 26.5. The molecule has 0 heteroatoms. The van der Waals surface area contributed by atoms with Gasteiger partial charge in [0.2, 0.25) is 0 Å². The summed E-state index contributed by atoms with van der Waals surface area (Å²) in [5.41, 5.74) is 12.4. The van der Waals surface area contributed by atoms with Crippen LogP contribution in [-0.2, 0) is 6.42 Å². The van der Waals surface area contributed by atoms with E-state index in [0.29, 0.717) is 5.92 Å². The van der Waals surface area contributed by atoms with E-state index in [1.807, 2.05) is 0 Å². The normalized spacial score (nSPS) is 17.7. The summed E-state index contributed by atoms with van der Waals surface area (Å²) in [6.07, 6.45) is 19.3. The Morgan fingerprint density at radius 3 is 2.17 bits per heavy atom. The van der Waals surface area contributed by atoms with E-state index >= 15 is 0 Å². The van der Waals surface area contributed by atoms with Crippen LogP contribution in [-0.4, -0.2) is 0 Å². The Morgan fingerprint density at radius 2 is 1.30 bits per heavy atom. The smallest absolute Gasteiger partial charge is 0.00617 e. The Balaban J connectivity index is 1.44. The predicted octanol–water partition coefficient (Wildman–Crippen LogP) is 10.6. The maximum atomic E-state index is 2.45. The molecule has 0 spiro atoms. The topological polar surface area (TPSA) is 0 Å². The number of aryl methyl sites for hydroxylation is 1. The molecule has 40 heavy (non-hydrogen) atoms. The molecule has 0 saturated heterocycles. The maximum Gasteiger partial charge on any atom is 0.00617 e. The molecule has 8 rings (SSSR count). The molecule has 0 aliphatic heterocycles. The minimum absolute atomic E-state index is 0.438.